The van der Waals surface area contributed by atoms with Gasteiger partial charge in [-0.2, -0.15) is 0 Å². The van der Waals surface area contributed by atoms with E-state index in [1.54, 1.807) is 0 Å². The SMILES string of the molecule is C=CC(=O)OCCCC(C)O[Si](C)(C)C. The van der Waals surface area contributed by atoms with Crippen LogP contribution in [0.1, 0.15) is 19.8 Å². The van der Waals surface area contributed by atoms with Gasteiger partial charge in [0, 0.05) is 12.2 Å². The summed E-state index contributed by atoms with van der Waals surface area (Å²) in [4.78, 5) is 10.7. The molecule has 0 aromatic heterocycles. The van der Waals surface area contributed by atoms with E-state index in [0.29, 0.717) is 6.61 Å². The van der Waals surface area contributed by atoms with Gasteiger partial charge in [-0.25, -0.2) is 4.79 Å². The second-order valence-electron chi connectivity index (χ2n) is 4.55. The molecule has 88 valence electrons. The lowest BCUT2D eigenvalue weighted by Crippen LogP contribution is -2.30. The van der Waals surface area contributed by atoms with Gasteiger partial charge in [-0.15, -0.1) is 0 Å². The van der Waals surface area contributed by atoms with E-state index in [-0.39, 0.29) is 12.1 Å². The van der Waals surface area contributed by atoms with Crippen molar-refractivity contribution >= 4 is 14.3 Å². The second-order valence-corrected chi connectivity index (χ2v) is 9.02. The van der Waals surface area contributed by atoms with E-state index in [4.69, 9.17) is 9.16 Å². The summed E-state index contributed by atoms with van der Waals surface area (Å²) in [7, 11) is -1.43. The molecule has 4 heteroatoms. The van der Waals surface area contributed by atoms with Crippen molar-refractivity contribution in [1.29, 1.82) is 0 Å². The fourth-order valence-corrected chi connectivity index (χ4v) is 2.59. The molecule has 0 N–H and O–H groups in total. The van der Waals surface area contributed by atoms with Crippen LogP contribution in [0.15, 0.2) is 12.7 Å². The molecule has 0 saturated carbocycles. The van der Waals surface area contributed by atoms with Gasteiger partial charge in [0.15, 0.2) is 8.32 Å². The highest BCUT2D eigenvalue weighted by molar-refractivity contribution is 6.69. The summed E-state index contributed by atoms with van der Waals surface area (Å²) in [5, 5.41) is 0. The minimum atomic E-state index is -1.43. The largest absolute Gasteiger partial charge is 0.463 e. The molecule has 0 aliphatic rings. The Morgan fingerprint density at radius 3 is 2.53 bits per heavy atom. The molecule has 0 bridgehead atoms. The van der Waals surface area contributed by atoms with Crippen molar-refractivity contribution in [2.45, 2.75) is 45.5 Å². The van der Waals surface area contributed by atoms with Crippen molar-refractivity contribution < 1.29 is 14.0 Å². The van der Waals surface area contributed by atoms with Gasteiger partial charge < -0.3 is 9.16 Å². The summed E-state index contributed by atoms with van der Waals surface area (Å²) in [6.07, 6.45) is 3.20. The van der Waals surface area contributed by atoms with E-state index in [1.807, 2.05) is 0 Å². The van der Waals surface area contributed by atoms with Crippen molar-refractivity contribution in [3.63, 3.8) is 0 Å². The average molecular weight is 230 g/mol. The van der Waals surface area contributed by atoms with E-state index in [0.717, 1.165) is 12.8 Å². The first-order chi connectivity index (χ1) is 6.85. The van der Waals surface area contributed by atoms with Gasteiger partial charge in [0.2, 0.25) is 0 Å². The number of ether oxygens (including phenoxy) is 1. The normalized spacial score (nSPS) is 13.3. The average Bonchev–Trinajstić information content (AvgIpc) is 2.09. The first-order valence-electron chi connectivity index (χ1n) is 5.32. The molecule has 0 spiro atoms. The summed E-state index contributed by atoms with van der Waals surface area (Å²) in [6.45, 7) is 12.3. The molecule has 0 fully saturated rings. The van der Waals surface area contributed by atoms with E-state index in [9.17, 15) is 4.79 Å². The van der Waals surface area contributed by atoms with Gasteiger partial charge in [-0.1, -0.05) is 6.58 Å². The van der Waals surface area contributed by atoms with Crippen molar-refractivity contribution in [3.8, 4) is 0 Å². The third kappa shape index (κ3) is 9.69. The standard InChI is InChI=1S/C11H22O3Si/c1-6-11(12)13-9-7-8-10(2)14-15(3,4)5/h6,10H,1,7-9H2,2-5H3. The Kier molecular flexibility index (Phi) is 6.52. The molecule has 0 aromatic carbocycles. The molecule has 1 atom stereocenters. The summed E-state index contributed by atoms with van der Waals surface area (Å²) in [5.41, 5.74) is 0. The maximum atomic E-state index is 10.7. The fraction of sp³-hybridized carbons (Fsp3) is 0.727. The van der Waals surface area contributed by atoms with Crippen LogP contribution in [-0.2, 0) is 14.0 Å². The van der Waals surface area contributed by atoms with E-state index < -0.39 is 8.32 Å². The smallest absolute Gasteiger partial charge is 0.330 e. The molecule has 0 rings (SSSR count). The zero-order valence-electron chi connectivity index (χ0n) is 10.2. The van der Waals surface area contributed by atoms with Gasteiger partial charge in [0.25, 0.3) is 0 Å². The highest BCUT2D eigenvalue weighted by Gasteiger charge is 2.17. The zero-order valence-corrected chi connectivity index (χ0v) is 11.2. The third-order valence-electron chi connectivity index (χ3n) is 1.72. The van der Waals surface area contributed by atoms with Gasteiger partial charge in [0.1, 0.15) is 0 Å². The van der Waals surface area contributed by atoms with Gasteiger partial charge in [-0.05, 0) is 39.4 Å². The predicted octanol–water partition coefficient (Wildman–Crippen LogP) is 2.74. The molecule has 0 saturated heterocycles. The fourth-order valence-electron chi connectivity index (χ4n) is 1.26. The Labute approximate surface area is 93.6 Å². The van der Waals surface area contributed by atoms with E-state index >= 15 is 0 Å². The molecule has 0 radical (unpaired) electrons. The number of hydrogen-bond donors (Lipinski definition) is 0. The van der Waals surface area contributed by atoms with Crippen LogP contribution >= 0.6 is 0 Å². The van der Waals surface area contributed by atoms with Gasteiger partial charge in [0.05, 0.1) is 6.61 Å². The summed E-state index contributed by atoms with van der Waals surface area (Å²) >= 11 is 0. The molecule has 0 aliphatic carbocycles. The molecule has 1 unspecified atom stereocenters. The molecular formula is C11H22O3Si. The Morgan fingerprint density at radius 2 is 2.07 bits per heavy atom. The molecule has 0 aromatic rings. The van der Waals surface area contributed by atoms with Crippen molar-refractivity contribution in [1.82, 2.24) is 0 Å². The van der Waals surface area contributed by atoms with Crippen LogP contribution in [0.4, 0.5) is 0 Å². The topological polar surface area (TPSA) is 35.5 Å². The van der Waals surface area contributed by atoms with Crippen LogP contribution in [-0.4, -0.2) is 27.0 Å². The number of esters is 1. The molecule has 0 heterocycles. The lowest BCUT2D eigenvalue weighted by atomic mass is 10.2. The molecular weight excluding hydrogens is 208 g/mol. The number of carbonyl (C=O) groups is 1. The minimum absolute atomic E-state index is 0.249. The second kappa shape index (κ2) is 6.79. The Hall–Kier alpha value is -0.613. The van der Waals surface area contributed by atoms with Crippen LogP contribution < -0.4 is 0 Å². The van der Waals surface area contributed by atoms with Gasteiger partial charge in [-0.3, -0.25) is 0 Å². The van der Waals surface area contributed by atoms with Crippen LogP contribution in [0.3, 0.4) is 0 Å². The molecule has 15 heavy (non-hydrogen) atoms. The van der Waals surface area contributed by atoms with Crippen molar-refractivity contribution in [2.24, 2.45) is 0 Å². The Bertz CT molecular complexity index is 208. The predicted molar refractivity (Wildman–Crippen MR) is 64.3 cm³/mol. The Morgan fingerprint density at radius 1 is 1.47 bits per heavy atom. The van der Waals surface area contributed by atoms with Crippen LogP contribution in [0.5, 0.6) is 0 Å². The number of rotatable bonds is 7. The zero-order chi connectivity index (χ0) is 11.9. The van der Waals surface area contributed by atoms with E-state index in [1.165, 1.54) is 6.08 Å². The Balaban J connectivity index is 3.51. The molecule has 3 nitrogen and oxygen atoms in total. The number of carbonyl (C=O) groups excluding carboxylic acids is 1. The van der Waals surface area contributed by atoms with Crippen molar-refractivity contribution in [2.75, 3.05) is 6.61 Å². The summed E-state index contributed by atoms with van der Waals surface area (Å²) < 4.78 is 10.7. The first kappa shape index (κ1) is 14.4. The highest BCUT2D eigenvalue weighted by Crippen LogP contribution is 2.11. The summed E-state index contributed by atoms with van der Waals surface area (Å²) in [5.74, 6) is -0.353. The molecule has 0 aliphatic heterocycles. The lowest BCUT2D eigenvalue weighted by Gasteiger charge is -2.23. The monoisotopic (exact) mass is 230 g/mol. The van der Waals surface area contributed by atoms with Crippen LogP contribution in [0, 0.1) is 0 Å². The van der Waals surface area contributed by atoms with Crippen LogP contribution in [0.2, 0.25) is 19.6 Å². The number of hydrogen-bond acceptors (Lipinski definition) is 3. The minimum Gasteiger partial charge on any atom is -0.463 e. The first-order valence-corrected chi connectivity index (χ1v) is 8.73. The van der Waals surface area contributed by atoms with E-state index in [2.05, 4.69) is 33.1 Å². The van der Waals surface area contributed by atoms with Crippen LogP contribution in [0.25, 0.3) is 0 Å². The maximum absolute atomic E-state index is 10.7. The maximum Gasteiger partial charge on any atom is 0.330 e. The van der Waals surface area contributed by atoms with Gasteiger partial charge >= 0.3 is 5.97 Å². The summed E-state index contributed by atoms with van der Waals surface area (Å²) in [6, 6.07) is 0. The highest BCUT2D eigenvalue weighted by atomic mass is 28.4. The molecule has 0 amide bonds. The lowest BCUT2D eigenvalue weighted by molar-refractivity contribution is -0.137. The third-order valence-corrected chi connectivity index (χ3v) is 2.83. The quantitative estimate of drug-likeness (QED) is 0.292. The van der Waals surface area contributed by atoms with Crippen molar-refractivity contribution in [3.05, 3.63) is 12.7 Å².